The number of hydrogen-bond donors (Lipinski definition) is 0. The Kier molecular flexibility index (Phi) is 5.49. The zero-order valence-electron chi connectivity index (χ0n) is 12.9. The molecule has 0 aliphatic carbocycles. The van der Waals surface area contributed by atoms with E-state index in [0.29, 0.717) is 0 Å². The number of rotatable bonds is 6. The molecular weight excluding hydrogens is 228 g/mol. The van der Waals surface area contributed by atoms with Gasteiger partial charge in [-0.2, -0.15) is 0 Å². The smallest absolute Gasteiger partial charge is 0.189 e. The predicted octanol–water partition coefficient (Wildman–Crippen LogP) is 5.05. The van der Waals surface area contributed by atoms with E-state index in [1.165, 1.54) is 6.42 Å². The highest BCUT2D eigenvalue weighted by atomic mass is 28.4. The van der Waals surface area contributed by atoms with Crippen LogP contribution in [-0.2, 0) is 4.43 Å². The van der Waals surface area contributed by atoms with E-state index in [1.54, 1.807) is 0 Å². The zero-order valence-corrected chi connectivity index (χ0v) is 14.9. The van der Waals surface area contributed by atoms with E-state index in [2.05, 4.69) is 60.4 Å². The molecule has 0 radical (unpaired) electrons. The van der Waals surface area contributed by atoms with Gasteiger partial charge in [0.2, 0.25) is 0 Å². The van der Waals surface area contributed by atoms with Gasteiger partial charge in [-0.15, -0.1) is 0 Å². The molecule has 0 N–H and O–H groups in total. The molecule has 0 aromatic heterocycles. The summed E-state index contributed by atoms with van der Waals surface area (Å²) in [4.78, 5) is 0. The highest BCUT2D eigenvalue weighted by Crippen LogP contribution is 2.36. The van der Waals surface area contributed by atoms with Gasteiger partial charge in [-0.1, -0.05) is 46.8 Å². The molecule has 1 nitrogen and oxygen atoms in total. The third-order valence-electron chi connectivity index (χ3n) is 4.55. The second-order valence-corrected chi connectivity index (χ2v) is 16.8. The second-order valence-electron chi connectivity index (χ2n) is 6.85. The molecule has 0 spiro atoms. The first-order valence-corrected chi connectivity index (χ1v) is 13.2. The van der Waals surface area contributed by atoms with Crippen molar-refractivity contribution in [1.29, 1.82) is 0 Å². The van der Waals surface area contributed by atoms with Gasteiger partial charge >= 0.3 is 0 Å². The second kappa shape index (κ2) is 5.36. The molecule has 1 unspecified atom stereocenters. The van der Waals surface area contributed by atoms with Gasteiger partial charge in [0.25, 0.3) is 0 Å². The quantitative estimate of drug-likeness (QED) is 0.607. The molecule has 0 saturated carbocycles. The normalized spacial score (nSPS) is 19.3. The van der Waals surface area contributed by atoms with Gasteiger partial charge in [-0.3, -0.25) is 0 Å². The molecule has 0 bridgehead atoms. The molecule has 0 amide bonds. The summed E-state index contributed by atoms with van der Waals surface area (Å²) in [6, 6.07) is 0. The van der Waals surface area contributed by atoms with Crippen LogP contribution in [0.15, 0.2) is 0 Å². The highest BCUT2D eigenvalue weighted by Gasteiger charge is 2.44. The van der Waals surface area contributed by atoms with Crippen molar-refractivity contribution in [3.8, 4) is 0 Å². The highest BCUT2D eigenvalue weighted by molar-refractivity contribution is 6.81. The molecule has 0 aromatic rings. The van der Waals surface area contributed by atoms with Crippen LogP contribution in [0, 0.1) is 0 Å². The summed E-state index contributed by atoms with van der Waals surface area (Å²) in [6.45, 7) is 21.3. The summed E-state index contributed by atoms with van der Waals surface area (Å²) in [5.74, 6) is 0. The van der Waals surface area contributed by atoms with Crippen molar-refractivity contribution in [1.82, 2.24) is 0 Å². The van der Waals surface area contributed by atoms with E-state index in [9.17, 15) is 0 Å². The van der Waals surface area contributed by atoms with Crippen molar-refractivity contribution in [3.63, 3.8) is 0 Å². The number of hydrogen-bond acceptors (Lipinski definition) is 1. The average molecular weight is 261 g/mol. The first-order chi connectivity index (χ1) is 7.00. The van der Waals surface area contributed by atoms with Crippen molar-refractivity contribution in [3.05, 3.63) is 0 Å². The Hall–Kier alpha value is 0.394. The summed E-state index contributed by atoms with van der Waals surface area (Å²) in [6.07, 6.45) is 2.39. The molecule has 98 valence electrons. The minimum Gasteiger partial charge on any atom is -0.415 e. The maximum absolute atomic E-state index is 6.69. The Labute approximate surface area is 105 Å². The molecule has 0 heterocycles. The third-order valence-corrected chi connectivity index (χ3v) is 12.1. The lowest BCUT2D eigenvalue weighted by atomic mass is 10.3. The fourth-order valence-electron chi connectivity index (χ4n) is 1.93. The van der Waals surface area contributed by atoms with Crippen molar-refractivity contribution < 1.29 is 4.43 Å². The van der Waals surface area contributed by atoms with Gasteiger partial charge in [0, 0.05) is 5.22 Å². The average Bonchev–Trinajstić information content (AvgIpc) is 2.13. The molecule has 0 rings (SSSR count). The van der Waals surface area contributed by atoms with Gasteiger partial charge < -0.3 is 4.43 Å². The molecule has 16 heavy (non-hydrogen) atoms. The molecule has 0 aliphatic rings. The summed E-state index contributed by atoms with van der Waals surface area (Å²) < 4.78 is 6.69. The van der Waals surface area contributed by atoms with E-state index in [1.807, 2.05) is 0 Å². The van der Waals surface area contributed by atoms with Crippen LogP contribution in [0.3, 0.4) is 0 Å². The van der Waals surface area contributed by atoms with Crippen LogP contribution in [0.5, 0.6) is 0 Å². The molecule has 0 fully saturated rings. The summed E-state index contributed by atoms with van der Waals surface area (Å²) >= 11 is 0. The minimum atomic E-state index is -1.54. The lowest BCUT2D eigenvalue weighted by Crippen LogP contribution is -2.57. The lowest BCUT2D eigenvalue weighted by molar-refractivity contribution is 0.145. The van der Waals surface area contributed by atoms with Gasteiger partial charge in [0.15, 0.2) is 8.32 Å². The SMILES string of the molecule is CCC(C)[Si](C)(C)O[C@](C)(CC)[Si](C)(C)C. The van der Waals surface area contributed by atoms with Gasteiger partial charge in [-0.25, -0.2) is 0 Å². The zero-order chi connectivity index (χ0) is 13.2. The Morgan fingerprint density at radius 1 is 1.06 bits per heavy atom. The van der Waals surface area contributed by atoms with Crippen molar-refractivity contribution in [2.45, 2.75) is 84.0 Å². The van der Waals surface area contributed by atoms with Crippen molar-refractivity contribution >= 4 is 16.4 Å². The van der Waals surface area contributed by atoms with E-state index in [4.69, 9.17) is 4.43 Å². The molecular formula is C13H32OSi2. The van der Waals surface area contributed by atoms with Crippen molar-refractivity contribution in [2.24, 2.45) is 0 Å². The summed E-state index contributed by atoms with van der Waals surface area (Å²) in [7, 11) is -2.80. The fourth-order valence-corrected chi connectivity index (χ4v) is 7.49. The van der Waals surface area contributed by atoms with Gasteiger partial charge in [0.05, 0.1) is 8.07 Å². The van der Waals surface area contributed by atoms with Crippen LogP contribution in [0.1, 0.15) is 40.5 Å². The van der Waals surface area contributed by atoms with Crippen LogP contribution in [-0.4, -0.2) is 21.6 Å². The lowest BCUT2D eigenvalue weighted by Gasteiger charge is -2.47. The van der Waals surface area contributed by atoms with Gasteiger partial charge in [-0.05, 0) is 32.0 Å². The van der Waals surface area contributed by atoms with Crippen molar-refractivity contribution in [2.75, 3.05) is 0 Å². The fraction of sp³-hybridized carbons (Fsp3) is 1.00. The van der Waals surface area contributed by atoms with Crippen LogP contribution in [0.2, 0.25) is 38.3 Å². The monoisotopic (exact) mass is 260 g/mol. The largest absolute Gasteiger partial charge is 0.415 e. The molecule has 2 atom stereocenters. The topological polar surface area (TPSA) is 9.23 Å². The van der Waals surface area contributed by atoms with E-state index < -0.39 is 16.4 Å². The summed E-state index contributed by atoms with van der Waals surface area (Å²) in [5.41, 5.74) is 0.745. The van der Waals surface area contributed by atoms with Gasteiger partial charge in [0.1, 0.15) is 0 Å². The maximum Gasteiger partial charge on any atom is 0.189 e. The van der Waals surface area contributed by atoms with E-state index in [-0.39, 0.29) is 5.22 Å². The Bertz CT molecular complexity index is 220. The van der Waals surface area contributed by atoms with E-state index in [0.717, 1.165) is 12.0 Å². The minimum absolute atomic E-state index is 0.145. The Morgan fingerprint density at radius 2 is 1.50 bits per heavy atom. The molecule has 0 aliphatic heterocycles. The Morgan fingerprint density at radius 3 is 1.75 bits per heavy atom. The predicted molar refractivity (Wildman–Crippen MR) is 80.3 cm³/mol. The first kappa shape index (κ1) is 16.4. The first-order valence-electron chi connectivity index (χ1n) is 6.70. The van der Waals surface area contributed by atoms with Crippen LogP contribution >= 0.6 is 0 Å². The third kappa shape index (κ3) is 3.71. The van der Waals surface area contributed by atoms with Crippen LogP contribution in [0.25, 0.3) is 0 Å². The molecule has 3 heteroatoms. The summed E-state index contributed by atoms with van der Waals surface area (Å²) in [5, 5.41) is 0.145. The maximum atomic E-state index is 6.69. The molecule has 0 aromatic carbocycles. The van der Waals surface area contributed by atoms with Crippen LogP contribution < -0.4 is 0 Å². The van der Waals surface area contributed by atoms with Crippen LogP contribution in [0.4, 0.5) is 0 Å². The molecule has 0 saturated heterocycles. The Balaban J connectivity index is 4.92. The van der Waals surface area contributed by atoms with E-state index >= 15 is 0 Å². The standard InChI is InChI=1S/C13H32OSi2/c1-10-12(3)16(8,9)14-13(4,11-2)15(5,6)7/h12H,10-11H2,1-9H3/t12?,13-/m0/s1.